The Kier molecular flexibility index (Phi) is 12.4. The molecule has 0 fully saturated rings. The zero-order valence-corrected chi connectivity index (χ0v) is 26.7. The van der Waals surface area contributed by atoms with Gasteiger partial charge in [-0.15, -0.1) is 0 Å². The van der Waals surface area contributed by atoms with Crippen LogP contribution in [0.15, 0.2) is 102 Å². The number of nitrogens with zero attached hydrogens (tertiary/aromatic N) is 1. The summed E-state index contributed by atoms with van der Waals surface area (Å²) in [5.41, 5.74) is 7.67. The largest absolute Gasteiger partial charge is 0.467 e. The van der Waals surface area contributed by atoms with E-state index in [4.69, 9.17) is 9.47 Å². The van der Waals surface area contributed by atoms with Gasteiger partial charge in [0.2, 0.25) is 0 Å². The van der Waals surface area contributed by atoms with E-state index < -0.39 is 0 Å². The summed E-state index contributed by atoms with van der Waals surface area (Å²) in [7, 11) is 4.14. The molecule has 2 unspecified atom stereocenters. The lowest BCUT2D eigenvalue weighted by atomic mass is 9.84. The Morgan fingerprint density at radius 3 is 2.10 bits per heavy atom. The van der Waals surface area contributed by atoms with E-state index in [9.17, 15) is 0 Å². The van der Waals surface area contributed by atoms with Crippen molar-refractivity contribution in [3.63, 3.8) is 0 Å². The van der Waals surface area contributed by atoms with E-state index in [2.05, 4.69) is 116 Å². The van der Waals surface area contributed by atoms with E-state index in [-0.39, 0.29) is 11.9 Å². The van der Waals surface area contributed by atoms with Crippen LogP contribution in [0.5, 0.6) is 5.75 Å². The zero-order chi connectivity index (χ0) is 29.6. The molecular formula is C38H46NO2P. The van der Waals surface area contributed by atoms with E-state index in [1.54, 1.807) is 7.11 Å². The van der Waals surface area contributed by atoms with E-state index in [1.807, 2.05) is 13.3 Å². The van der Waals surface area contributed by atoms with Crippen LogP contribution in [0.3, 0.4) is 0 Å². The van der Waals surface area contributed by atoms with E-state index >= 15 is 0 Å². The monoisotopic (exact) mass is 579 g/mol. The number of ether oxygens (including phenoxy) is 2. The smallest absolute Gasteiger partial charge is 0.188 e. The Bertz CT molecular complexity index is 1400. The van der Waals surface area contributed by atoms with Crippen LogP contribution >= 0.6 is 8.58 Å². The van der Waals surface area contributed by atoms with Gasteiger partial charge >= 0.3 is 0 Å². The summed E-state index contributed by atoms with van der Waals surface area (Å²) in [6.45, 7) is 4.87. The fraction of sp³-hybridized carbons (Fsp3) is 0.342. The highest BCUT2D eigenvalue weighted by Gasteiger charge is 2.35. The van der Waals surface area contributed by atoms with Crippen LogP contribution in [-0.2, 0) is 22.7 Å². The van der Waals surface area contributed by atoms with Crippen molar-refractivity contribution in [2.75, 3.05) is 21.0 Å². The minimum Gasteiger partial charge on any atom is -0.467 e. The number of hydrogen-bond donors (Lipinski definition) is 0. The van der Waals surface area contributed by atoms with Gasteiger partial charge in [0.05, 0.1) is 0 Å². The van der Waals surface area contributed by atoms with Crippen molar-refractivity contribution in [2.45, 2.75) is 63.9 Å². The van der Waals surface area contributed by atoms with Gasteiger partial charge in [-0.25, -0.2) is 0 Å². The molecule has 4 aromatic carbocycles. The van der Waals surface area contributed by atoms with Gasteiger partial charge < -0.3 is 9.47 Å². The average molecular weight is 580 g/mol. The molecule has 0 N–H and O–H groups in total. The quantitative estimate of drug-likeness (QED) is 0.0574. The van der Waals surface area contributed by atoms with Crippen molar-refractivity contribution in [3.05, 3.63) is 130 Å². The molecule has 0 bridgehead atoms. The molecule has 0 aliphatic heterocycles. The van der Waals surface area contributed by atoms with Crippen molar-refractivity contribution in [1.82, 2.24) is 0 Å². The Labute approximate surface area is 255 Å². The highest BCUT2D eigenvalue weighted by molar-refractivity contribution is 7.48. The highest BCUT2D eigenvalue weighted by atomic mass is 31.1. The molecule has 4 heteroatoms. The zero-order valence-electron chi connectivity index (χ0n) is 25.7. The number of unbranched alkanes of at least 4 members (excludes halogenated alkanes) is 2. The number of methoxy groups -OCH3 is 1. The van der Waals surface area contributed by atoms with Crippen molar-refractivity contribution in [1.29, 1.82) is 0 Å². The topological polar surface area (TPSA) is 30.8 Å². The summed E-state index contributed by atoms with van der Waals surface area (Å²) in [6, 6.07) is 35.1. The molecule has 0 heterocycles. The third-order valence-corrected chi connectivity index (χ3v) is 10.0. The van der Waals surface area contributed by atoms with Gasteiger partial charge in [0.25, 0.3) is 0 Å². The van der Waals surface area contributed by atoms with Crippen molar-refractivity contribution < 1.29 is 9.47 Å². The van der Waals surface area contributed by atoms with Gasteiger partial charge in [0.15, 0.2) is 6.79 Å². The second-order valence-corrected chi connectivity index (χ2v) is 12.7. The average Bonchev–Trinajstić information content (AvgIpc) is 3.02. The fourth-order valence-electron chi connectivity index (χ4n) is 5.80. The second kappa shape index (κ2) is 16.4. The molecular weight excluding hydrogens is 533 g/mol. The summed E-state index contributed by atoms with van der Waals surface area (Å²) in [5.74, 6) is 0.991. The molecule has 0 saturated heterocycles. The Balaban J connectivity index is 1.94. The first-order valence-corrected chi connectivity index (χ1v) is 16.3. The molecule has 4 rings (SSSR count). The van der Waals surface area contributed by atoms with Crippen LogP contribution in [0.1, 0.15) is 79.3 Å². The molecule has 4 aromatic rings. The van der Waals surface area contributed by atoms with Crippen LogP contribution in [0.4, 0.5) is 0 Å². The molecule has 0 aliphatic carbocycles. The molecule has 0 radical (unpaired) electrons. The molecule has 0 aliphatic rings. The molecule has 0 amide bonds. The fourth-order valence-corrected chi connectivity index (χ4v) is 7.58. The molecule has 0 spiro atoms. The maximum absolute atomic E-state index is 6.58. The maximum atomic E-state index is 6.58. The molecule has 0 saturated carbocycles. The highest BCUT2D eigenvalue weighted by Crippen LogP contribution is 2.52. The van der Waals surface area contributed by atoms with Crippen LogP contribution in [0, 0.1) is 0 Å². The normalized spacial score (nSPS) is 13.1. The minimum absolute atomic E-state index is 0.0753. The van der Waals surface area contributed by atoms with E-state index in [0.717, 1.165) is 31.4 Å². The van der Waals surface area contributed by atoms with Crippen molar-refractivity contribution >= 4 is 20.1 Å². The second-order valence-electron chi connectivity index (χ2n) is 11.0. The van der Waals surface area contributed by atoms with Gasteiger partial charge in [0, 0.05) is 37.5 Å². The minimum atomic E-state index is -0.0753. The number of rotatable bonds is 16. The lowest BCUT2D eigenvalue weighted by Crippen LogP contribution is -2.26. The molecule has 2 atom stereocenters. The lowest BCUT2D eigenvalue weighted by molar-refractivity contribution is 0.0492. The predicted molar refractivity (Wildman–Crippen MR) is 181 cm³/mol. The van der Waals surface area contributed by atoms with Gasteiger partial charge in [-0.05, 0) is 52.4 Å². The van der Waals surface area contributed by atoms with Crippen LogP contribution < -0.4 is 10.0 Å². The standard InChI is InChI=1S/C38H46NO2P/c1-5-7-16-23-38(6-2,42-36-22-15-14-21-33(36)28-39-3)35-27-32(24-30-17-10-8-11-18-30)26-34(37(35)41-29-40-4)25-31-19-12-9-13-20-31/h8-15,17-22,26-28,42H,5-7,16,23-25,29H2,1-4H3. The van der Waals surface area contributed by atoms with E-state index in [1.165, 1.54) is 57.9 Å². The van der Waals surface area contributed by atoms with Crippen molar-refractivity contribution in [2.24, 2.45) is 4.99 Å². The number of benzene rings is 4. The summed E-state index contributed by atoms with van der Waals surface area (Å²) in [5, 5.41) is 1.28. The van der Waals surface area contributed by atoms with Gasteiger partial charge in [0.1, 0.15) is 5.75 Å². The SMILES string of the molecule is CCCCCC(CC)(Pc1ccccc1C=NC)c1cc(Cc2ccccc2)cc(Cc2ccccc2)c1OCOC. The van der Waals surface area contributed by atoms with Crippen LogP contribution in [0.2, 0.25) is 0 Å². The summed E-state index contributed by atoms with van der Waals surface area (Å²) in [6.07, 6.45) is 9.43. The Morgan fingerprint density at radius 2 is 1.45 bits per heavy atom. The first-order valence-electron chi connectivity index (χ1n) is 15.3. The van der Waals surface area contributed by atoms with Crippen molar-refractivity contribution in [3.8, 4) is 5.75 Å². The van der Waals surface area contributed by atoms with Gasteiger partial charge in [-0.3, -0.25) is 4.99 Å². The predicted octanol–water partition coefficient (Wildman–Crippen LogP) is 9.09. The van der Waals surface area contributed by atoms with Crippen LogP contribution in [0.25, 0.3) is 0 Å². The summed E-state index contributed by atoms with van der Waals surface area (Å²) < 4.78 is 12.1. The molecule has 220 valence electrons. The third-order valence-electron chi connectivity index (χ3n) is 7.96. The van der Waals surface area contributed by atoms with Gasteiger partial charge in [-0.1, -0.05) is 139 Å². The Morgan fingerprint density at radius 1 is 0.786 bits per heavy atom. The molecule has 42 heavy (non-hydrogen) atoms. The molecule has 3 nitrogen and oxygen atoms in total. The molecule has 0 aromatic heterocycles. The first-order chi connectivity index (χ1) is 20.6. The lowest BCUT2D eigenvalue weighted by Gasteiger charge is -2.37. The first kappa shape index (κ1) is 31.7. The number of hydrogen-bond acceptors (Lipinski definition) is 3. The third kappa shape index (κ3) is 8.40. The summed E-state index contributed by atoms with van der Waals surface area (Å²) >= 11 is 0. The number of aliphatic imine (C=N–C) groups is 1. The van der Waals surface area contributed by atoms with E-state index in [0.29, 0.717) is 8.58 Å². The Hall–Kier alpha value is -3.26. The summed E-state index contributed by atoms with van der Waals surface area (Å²) in [4.78, 5) is 4.39. The maximum Gasteiger partial charge on any atom is 0.188 e. The van der Waals surface area contributed by atoms with Gasteiger partial charge in [-0.2, -0.15) is 0 Å². The van der Waals surface area contributed by atoms with Crippen LogP contribution in [-0.4, -0.2) is 27.2 Å².